The van der Waals surface area contributed by atoms with Crippen molar-refractivity contribution in [2.75, 3.05) is 7.11 Å². The van der Waals surface area contributed by atoms with Crippen LogP contribution in [-0.2, 0) is 14.3 Å². The third kappa shape index (κ3) is 4.14. The van der Waals surface area contributed by atoms with Crippen molar-refractivity contribution in [1.82, 2.24) is 0 Å². The largest absolute Gasteiger partial charge is 0.496 e. The number of benzene rings is 1. The molecule has 5 heteroatoms. The summed E-state index contributed by atoms with van der Waals surface area (Å²) in [4.78, 5) is 29.2. The molecular weight excluding hydrogens is 330 g/mol. The van der Waals surface area contributed by atoms with Gasteiger partial charge in [0.25, 0.3) is 0 Å². The number of aliphatic imine (C=N–C) groups is 1. The van der Waals surface area contributed by atoms with Gasteiger partial charge in [-0.25, -0.2) is 4.99 Å². The van der Waals surface area contributed by atoms with Crippen molar-refractivity contribution < 1.29 is 19.1 Å². The van der Waals surface area contributed by atoms with E-state index in [2.05, 4.69) is 4.99 Å². The topological polar surface area (TPSA) is 65.0 Å². The highest BCUT2D eigenvalue weighted by molar-refractivity contribution is 6.08. The predicted molar refractivity (Wildman–Crippen MR) is 99.5 cm³/mol. The van der Waals surface area contributed by atoms with E-state index < -0.39 is 5.92 Å². The van der Waals surface area contributed by atoms with Crippen LogP contribution in [0, 0.1) is 5.92 Å². The van der Waals surface area contributed by atoms with Gasteiger partial charge in [-0.1, -0.05) is 31.0 Å². The molecule has 1 heterocycles. The van der Waals surface area contributed by atoms with Gasteiger partial charge in [0.1, 0.15) is 17.8 Å². The molecule has 1 amide bonds. The number of ether oxygens (including phenoxy) is 2. The first-order valence-electron chi connectivity index (χ1n) is 9.51. The smallest absolute Gasteiger partial charge is 0.315 e. The molecule has 0 radical (unpaired) electrons. The summed E-state index contributed by atoms with van der Waals surface area (Å²) in [5.41, 5.74) is 1.40. The summed E-state index contributed by atoms with van der Waals surface area (Å²) in [7, 11) is 1.60. The van der Waals surface area contributed by atoms with E-state index in [4.69, 9.17) is 9.47 Å². The lowest BCUT2D eigenvalue weighted by atomic mass is 9.78. The Labute approximate surface area is 154 Å². The molecule has 2 aliphatic rings. The molecule has 0 bridgehead atoms. The molecule has 5 nitrogen and oxygen atoms in total. The van der Waals surface area contributed by atoms with Gasteiger partial charge in [-0.3, -0.25) is 9.59 Å². The fraction of sp³-hybridized carbons (Fsp3) is 0.571. The highest BCUT2D eigenvalue weighted by Gasteiger charge is 2.40. The number of carbonyl (C=O) groups is 2. The summed E-state index contributed by atoms with van der Waals surface area (Å²) in [6.45, 7) is 1.75. The maximum absolute atomic E-state index is 13.0. The van der Waals surface area contributed by atoms with Gasteiger partial charge in [-0.2, -0.15) is 0 Å². The number of carbonyl (C=O) groups excluding carboxylic acids is 2. The molecule has 1 saturated carbocycles. The number of nitrogens with zero attached hydrogens (tertiary/aromatic N) is 1. The van der Waals surface area contributed by atoms with Crippen molar-refractivity contribution in [2.45, 2.75) is 63.9 Å². The molecule has 2 unspecified atom stereocenters. The third-order valence-corrected chi connectivity index (χ3v) is 5.43. The molecule has 0 aromatic heterocycles. The van der Waals surface area contributed by atoms with Crippen molar-refractivity contribution in [1.29, 1.82) is 0 Å². The van der Waals surface area contributed by atoms with E-state index in [1.807, 2.05) is 24.3 Å². The van der Waals surface area contributed by atoms with Gasteiger partial charge >= 0.3 is 5.97 Å². The Morgan fingerprint density at radius 2 is 1.81 bits per heavy atom. The van der Waals surface area contributed by atoms with Crippen LogP contribution >= 0.6 is 0 Å². The zero-order valence-corrected chi connectivity index (χ0v) is 15.6. The molecule has 2 atom stereocenters. The molecule has 1 aliphatic heterocycles. The Hall–Kier alpha value is -2.17. The highest BCUT2D eigenvalue weighted by atomic mass is 16.5. The van der Waals surface area contributed by atoms with E-state index in [0.29, 0.717) is 11.5 Å². The number of hydrogen-bond acceptors (Lipinski definition) is 4. The lowest BCUT2D eigenvalue weighted by Gasteiger charge is -2.30. The SMILES string of the molecule is COc1ccccc1C1CC(=O)N=C(C)C1C(=O)OC1CCCCCC1. The van der Waals surface area contributed by atoms with Gasteiger partial charge in [-0.05, 0) is 44.2 Å². The standard InChI is InChI=1S/C21H27NO4/c1-14-20(21(24)26-15-9-5-3-4-6-10-15)17(13-19(23)22-14)16-11-7-8-12-18(16)25-2/h7-8,11-12,15,17,20H,3-6,9-10,13H2,1-2H3. The fourth-order valence-electron chi connectivity index (χ4n) is 4.10. The maximum atomic E-state index is 13.0. The van der Waals surface area contributed by atoms with E-state index in [-0.39, 0.29) is 30.3 Å². The number of esters is 1. The second-order valence-electron chi connectivity index (χ2n) is 7.23. The van der Waals surface area contributed by atoms with Gasteiger partial charge in [0.2, 0.25) is 5.91 Å². The molecule has 26 heavy (non-hydrogen) atoms. The molecule has 1 fully saturated rings. The summed E-state index contributed by atoms with van der Waals surface area (Å²) in [5, 5.41) is 0. The van der Waals surface area contributed by atoms with Crippen LogP contribution < -0.4 is 4.74 Å². The average molecular weight is 357 g/mol. The summed E-state index contributed by atoms with van der Waals surface area (Å²) >= 11 is 0. The second kappa shape index (κ2) is 8.47. The highest BCUT2D eigenvalue weighted by Crippen LogP contribution is 2.39. The summed E-state index contributed by atoms with van der Waals surface area (Å²) in [6.07, 6.45) is 6.64. The van der Waals surface area contributed by atoms with Gasteiger partial charge < -0.3 is 9.47 Å². The van der Waals surface area contributed by atoms with E-state index in [0.717, 1.165) is 31.2 Å². The fourth-order valence-corrected chi connectivity index (χ4v) is 4.10. The second-order valence-corrected chi connectivity index (χ2v) is 7.23. The molecular formula is C21H27NO4. The average Bonchev–Trinajstić information content (AvgIpc) is 2.89. The van der Waals surface area contributed by atoms with Crippen LogP contribution in [0.25, 0.3) is 0 Å². The Morgan fingerprint density at radius 3 is 2.50 bits per heavy atom. The molecule has 0 spiro atoms. The summed E-state index contributed by atoms with van der Waals surface area (Å²) in [5.74, 6) is -0.604. The van der Waals surface area contributed by atoms with Crippen LogP contribution in [0.3, 0.4) is 0 Å². The molecule has 140 valence electrons. The zero-order valence-electron chi connectivity index (χ0n) is 15.6. The third-order valence-electron chi connectivity index (χ3n) is 5.43. The number of methoxy groups -OCH3 is 1. The first-order valence-corrected chi connectivity index (χ1v) is 9.51. The number of amides is 1. The van der Waals surface area contributed by atoms with Crippen molar-refractivity contribution in [3.8, 4) is 5.75 Å². The molecule has 3 rings (SSSR count). The molecule has 0 saturated heterocycles. The van der Waals surface area contributed by atoms with Crippen LogP contribution in [0.1, 0.15) is 63.4 Å². The Balaban J connectivity index is 1.86. The minimum atomic E-state index is -0.535. The van der Waals surface area contributed by atoms with E-state index >= 15 is 0 Å². The Morgan fingerprint density at radius 1 is 1.12 bits per heavy atom. The number of hydrogen-bond donors (Lipinski definition) is 0. The molecule has 1 aliphatic carbocycles. The van der Waals surface area contributed by atoms with Crippen LogP contribution in [0.5, 0.6) is 5.75 Å². The van der Waals surface area contributed by atoms with Gasteiger partial charge in [-0.15, -0.1) is 0 Å². The maximum Gasteiger partial charge on any atom is 0.315 e. The van der Waals surface area contributed by atoms with Gasteiger partial charge in [0, 0.05) is 18.1 Å². The van der Waals surface area contributed by atoms with E-state index in [1.165, 1.54) is 12.8 Å². The van der Waals surface area contributed by atoms with Crippen molar-refractivity contribution in [2.24, 2.45) is 10.9 Å². The quantitative estimate of drug-likeness (QED) is 0.602. The number of rotatable bonds is 4. The lowest BCUT2D eigenvalue weighted by molar-refractivity contribution is -0.153. The monoisotopic (exact) mass is 357 g/mol. The van der Waals surface area contributed by atoms with E-state index in [9.17, 15) is 9.59 Å². The molecule has 0 N–H and O–H groups in total. The van der Waals surface area contributed by atoms with Crippen LogP contribution in [0.2, 0.25) is 0 Å². The minimum Gasteiger partial charge on any atom is -0.496 e. The Kier molecular flexibility index (Phi) is 6.07. The summed E-state index contributed by atoms with van der Waals surface area (Å²) < 4.78 is 11.3. The van der Waals surface area contributed by atoms with Crippen molar-refractivity contribution >= 4 is 17.6 Å². The van der Waals surface area contributed by atoms with E-state index in [1.54, 1.807) is 14.0 Å². The summed E-state index contributed by atoms with van der Waals surface area (Å²) in [6, 6.07) is 7.56. The Bertz CT molecular complexity index is 689. The van der Waals surface area contributed by atoms with Gasteiger partial charge in [0.15, 0.2) is 0 Å². The first kappa shape index (κ1) is 18.6. The predicted octanol–water partition coefficient (Wildman–Crippen LogP) is 4.05. The van der Waals surface area contributed by atoms with Crippen LogP contribution in [-0.4, -0.2) is 30.8 Å². The van der Waals surface area contributed by atoms with Crippen LogP contribution in [0.15, 0.2) is 29.3 Å². The molecule has 1 aromatic carbocycles. The van der Waals surface area contributed by atoms with Crippen molar-refractivity contribution in [3.63, 3.8) is 0 Å². The van der Waals surface area contributed by atoms with Crippen LogP contribution in [0.4, 0.5) is 0 Å². The number of para-hydroxylation sites is 1. The van der Waals surface area contributed by atoms with Gasteiger partial charge in [0.05, 0.1) is 7.11 Å². The zero-order chi connectivity index (χ0) is 18.5. The van der Waals surface area contributed by atoms with Crippen molar-refractivity contribution in [3.05, 3.63) is 29.8 Å². The minimum absolute atomic E-state index is 0.0197. The lowest BCUT2D eigenvalue weighted by Crippen LogP contribution is -2.37. The molecule has 1 aromatic rings. The normalized spacial score (nSPS) is 24.5. The first-order chi connectivity index (χ1) is 12.6.